The highest BCUT2D eigenvalue weighted by Crippen LogP contribution is 2.22. The van der Waals surface area contributed by atoms with Crippen LogP contribution >= 0.6 is 0 Å². The van der Waals surface area contributed by atoms with Gasteiger partial charge < -0.3 is 10.4 Å². The van der Waals surface area contributed by atoms with Crippen molar-refractivity contribution >= 4 is 21.6 Å². The van der Waals surface area contributed by atoms with Crippen LogP contribution < -0.4 is 10.0 Å². The first-order valence-electron chi connectivity index (χ1n) is 11.5. The lowest BCUT2D eigenvalue weighted by Gasteiger charge is -2.27. The highest BCUT2D eigenvalue weighted by atomic mass is 32.2. The van der Waals surface area contributed by atoms with Crippen molar-refractivity contribution in [1.29, 1.82) is 0 Å². The summed E-state index contributed by atoms with van der Waals surface area (Å²) in [5.74, 6) is -0.749. The second kappa shape index (κ2) is 12.2. The first-order chi connectivity index (χ1) is 16.3. The van der Waals surface area contributed by atoms with E-state index in [-0.39, 0.29) is 40.9 Å². The van der Waals surface area contributed by atoms with Crippen LogP contribution in [0.4, 0.5) is 5.69 Å². The Kier molecular flexibility index (Phi) is 9.93. The Hall–Kier alpha value is -2.82. The molecule has 3 atom stereocenters. The molecule has 9 nitrogen and oxygen atoms in total. The van der Waals surface area contributed by atoms with Crippen LogP contribution in [0.2, 0.25) is 0 Å². The maximum atomic E-state index is 13.1. The number of amides is 1. The molecular formula is C25H35N3O6S. The lowest BCUT2D eigenvalue weighted by Crippen LogP contribution is -2.42. The molecule has 1 amide bonds. The van der Waals surface area contributed by atoms with Crippen molar-refractivity contribution in [2.24, 2.45) is 11.3 Å². The monoisotopic (exact) mass is 505 g/mol. The van der Waals surface area contributed by atoms with Gasteiger partial charge in [-0.1, -0.05) is 51.1 Å². The van der Waals surface area contributed by atoms with E-state index in [9.17, 15) is 28.4 Å². The van der Waals surface area contributed by atoms with Crippen LogP contribution in [-0.4, -0.2) is 43.0 Å². The van der Waals surface area contributed by atoms with E-state index >= 15 is 0 Å². The molecule has 192 valence electrons. The number of non-ortho nitro benzene ring substituents is 1. The number of carbonyl (C=O) groups excluding carboxylic acids is 1. The molecule has 10 heteroatoms. The third-order valence-corrected chi connectivity index (χ3v) is 6.87. The third kappa shape index (κ3) is 9.75. The van der Waals surface area contributed by atoms with E-state index in [0.717, 1.165) is 36.2 Å². The molecule has 2 rings (SSSR count). The molecule has 2 aromatic rings. The van der Waals surface area contributed by atoms with Crippen molar-refractivity contribution < 1.29 is 23.2 Å². The quantitative estimate of drug-likeness (QED) is 0.298. The lowest BCUT2D eigenvalue weighted by molar-refractivity contribution is -0.384. The number of nitrogens with zero attached hydrogens (tertiary/aromatic N) is 1. The highest BCUT2D eigenvalue weighted by molar-refractivity contribution is 7.89. The molecule has 0 aromatic heterocycles. The van der Waals surface area contributed by atoms with E-state index in [1.54, 1.807) is 0 Å². The topological polar surface area (TPSA) is 139 Å². The molecule has 0 saturated heterocycles. The second-order valence-electron chi connectivity index (χ2n) is 10.1. The van der Waals surface area contributed by atoms with E-state index < -0.39 is 27.0 Å². The second-order valence-corrected chi connectivity index (χ2v) is 11.8. The average molecular weight is 506 g/mol. The molecule has 0 aliphatic carbocycles. The maximum Gasteiger partial charge on any atom is 0.269 e. The zero-order valence-electron chi connectivity index (χ0n) is 20.6. The molecule has 0 bridgehead atoms. The molecule has 35 heavy (non-hydrogen) atoms. The molecule has 0 spiro atoms. The zero-order chi connectivity index (χ0) is 26.2. The molecule has 0 aliphatic heterocycles. The standard InChI is InChI=1S/C25H35N3O6S/c1-18(16-25(2,3)4)27-24(30)20(14-19-8-6-5-7-9-19)15-22(29)17-26-35(33,34)23-12-10-21(11-13-23)28(31)32/h5-13,18,20,22,26,29H,14-17H2,1-4H3,(H,27,30)/t18-,20-,22+/m1/s1. The SMILES string of the molecule is C[C@H](CC(C)(C)C)NC(=O)[C@H](Cc1ccccc1)C[C@H](O)CNS(=O)(=O)c1ccc([N+](=O)[O-])cc1. The van der Waals surface area contributed by atoms with Crippen molar-refractivity contribution in [2.45, 2.75) is 64.0 Å². The van der Waals surface area contributed by atoms with Gasteiger partial charge in [0.25, 0.3) is 5.69 Å². The third-order valence-electron chi connectivity index (χ3n) is 5.43. The fourth-order valence-electron chi connectivity index (χ4n) is 3.96. The Bertz CT molecular complexity index is 1080. The number of nitrogens with one attached hydrogen (secondary N) is 2. The Balaban J connectivity index is 2.05. The predicted molar refractivity (Wildman–Crippen MR) is 134 cm³/mol. The van der Waals surface area contributed by atoms with Crippen molar-refractivity contribution in [2.75, 3.05) is 6.54 Å². The van der Waals surface area contributed by atoms with E-state index in [0.29, 0.717) is 6.42 Å². The molecule has 0 radical (unpaired) electrons. The lowest BCUT2D eigenvalue weighted by atomic mass is 9.88. The van der Waals surface area contributed by atoms with Crippen molar-refractivity contribution in [1.82, 2.24) is 10.0 Å². The summed E-state index contributed by atoms with van der Waals surface area (Å²) in [6.07, 6.45) is 0.140. The van der Waals surface area contributed by atoms with Crippen LogP contribution in [0.25, 0.3) is 0 Å². The summed E-state index contributed by atoms with van der Waals surface area (Å²) in [5, 5.41) is 24.4. The minimum atomic E-state index is -3.99. The fraction of sp³-hybridized carbons (Fsp3) is 0.480. The van der Waals surface area contributed by atoms with Gasteiger partial charge in [0.05, 0.1) is 15.9 Å². The van der Waals surface area contributed by atoms with Gasteiger partial charge in [0, 0.05) is 30.6 Å². The minimum absolute atomic E-state index is 0.0390. The molecule has 3 N–H and O–H groups in total. The number of hydrogen-bond acceptors (Lipinski definition) is 6. The van der Waals surface area contributed by atoms with Crippen LogP contribution in [0.15, 0.2) is 59.5 Å². The van der Waals surface area contributed by atoms with Crippen LogP contribution in [0.1, 0.15) is 46.1 Å². The van der Waals surface area contributed by atoms with Crippen LogP contribution in [-0.2, 0) is 21.2 Å². The Morgan fingerprint density at radius 1 is 1.09 bits per heavy atom. The normalized spacial score (nSPS) is 14.7. The van der Waals surface area contributed by atoms with Gasteiger partial charge in [-0.2, -0.15) is 0 Å². The minimum Gasteiger partial charge on any atom is -0.392 e. The summed E-state index contributed by atoms with van der Waals surface area (Å²) in [7, 11) is -3.99. The number of sulfonamides is 1. The number of aliphatic hydroxyl groups is 1. The summed E-state index contributed by atoms with van der Waals surface area (Å²) in [6.45, 7) is 7.93. The summed E-state index contributed by atoms with van der Waals surface area (Å²) < 4.78 is 27.4. The Morgan fingerprint density at radius 2 is 1.69 bits per heavy atom. The van der Waals surface area contributed by atoms with Crippen molar-refractivity contribution in [3.8, 4) is 0 Å². The van der Waals surface area contributed by atoms with Gasteiger partial charge in [-0.15, -0.1) is 0 Å². The van der Waals surface area contributed by atoms with Crippen LogP contribution in [0.5, 0.6) is 0 Å². The molecule has 0 saturated carbocycles. The van der Waals surface area contributed by atoms with Crippen molar-refractivity contribution in [3.63, 3.8) is 0 Å². The van der Waals surface area contributed by atoms with Gasteiger partial charge >= 0.3 is 0 Å². The van der Waals surface area contributed by atoms with E-state index in [1.165, 1.54) is 0 Å². The summed E-state index contributed by atoms with van der Waals surface area (Å²) in [5.41, 5.74) is 0.756. The molecule has 2 aromatic carbocycles. The number of carbonyl (C=O) groups is 1. The van der Waals surface area contributed by atoms with Gasteiger partial charge in [-0.05, 0) is 49.3 Å². The molecule has 0 unspecified atom stereocenters. The molecule has 0 heterocycles. The maximum absolute atomic E-state index is 13.1. The zero-order valence-corrected chi connectivity index (χ0v) is 21.4. The number of rotatable bonds is 12. The van der Waals surface area contributed by atoms with Gasteiger partial charge in [-0.25, -0.2) is 13.1 Å². The first kappa shape index (κ1) is 28.4. The van der Waals surface area contributed by atoms with E-state index in [4.69, 9.17) is 0 Å². The first-order valence-corrected chi connectivity index (χ1v) is 13.0. The Morgan fingerprint density at radius 3 is 2.23 bits per heavy atom. The predicted octanol–water partition coefficient (Wildman–Crippen LogP) is 3.42. The fourth-order valence-corrected chi connectivity index (χ4v) is 5.03. The number of hydrogen-bond donors (Lipinski definition) is 3. The Labute approximate surface area is 207 Å². The number of aliphatic hydroxyl groups excluding tert-OH is 1. The molecule has 0 fully saturated rings. The highest BCUT2D eigenvalue weighted by Gasteiger charge is 2.26. The summed E-state index contributed by atoms with van der Waals surface area (Å²) in [4.78, 5) is 23.1. The van der Waals surface area contributed by atoms with Gasteiger partial charge in [-0.3, -0.25) is 14.9 Å². The largest absolute Gasteiger partial charge is 0.392 e. The number of nitro benzene ring substituents is 1. The van der Waals surface area contributed by atoms with Gasteiger partial charge in [0.15, 0.2) is 0 Å². The van der Waals surface area contributed by atoms with Gasteiger partial charge in [0.2, 0.25) is 15.9 Å². The number of nitro groups is 1. The molecular weight excluding hydrogens is 470 g/mol. The molecule has 0 aliphatic rings. The van der Waals surface area contributed by atoms with Gasteiger partial charge in [0.1, 0.15) is 0 Å². The smallest absolute Gasteiger partial charge is 0.269 e. The average Bonchev–Trinajstić information content (AvgIpc) is 2.76. The van der Waals surface area contributed by atoms with Crippen LogP contribution in [0.3, 0.4) is 0 Å². The van der Waals surface area contributed by atoms with Crippen LogP contribution in [0, 0.1) is 21.4 Å². The van der Waals surface area contributed by atoms with E-state index in [1.807, 2.05) is 37.3 Å². The summed E-state index contributed by atoms with van der Waals surface area (Å²) >= 11 is 0. The summed E-state index contributed by atoms with van der Waals surface area (Å²) in [6, 6.07) is 13.9. The number of benzene rings is 2. The van der Waals surface area contributed by atoms with Crippen molar-refractivity contribution in [3.05, 3.63) is 70.3 Å². The van der Waals surface area contributed by atoms with E-state index in [2.05, 4.69) is 30.8 Å².